The first kappa shape index (κ1) is 22.3. The van der Waals surface area contributed by atoms with Crippen LogP contribution < -0.4 is 39.4 Å². The molecule has 2 rings (SSSR count). The molecule has 2 aromatic rings. The molecule has 0 unspecified atom stereocenters. The Hall–Kier alpha value is -1.70. The maximum Gasteiger partial charge on any atom is 1.00 e. The van der Waals surface area contributed by atoms with Crippen molar-refractivity contribution >= 4 is 11.8 Å². The van der Waals surface area contributed by atoms with E-state index in [1.165, 1.54) is 14.2 Å². The van der Waals surface area contributed by atoms with Gasteiger partial charge in [-0.05, 0) is 24.3 Å². The summed E-state index contributed by atoms with van der Waals surface area (Å²) in [7, 11) is 2.79. The number of methoxy groups -OCH3 is 2. The molecule has 2 aromatic carbocycles. The first-order valence-corrected chi connectivity index (χ1v) is 7.67. The Morgan fingerprint density at radius 2 is 1.54 bits per heavy atom. The Balaban J connectivity index is 0.00000338. The number of carboxylic acids is 1. The van der Waals surface area contributed by atoms with Crippen molar-refractivity contribution in [2.24, 2.45) is 0 Å². The topological polar surface area (TPSA) is 84.9 Å². The Bertz CT molecular complexity index is 711. The first-order chi connectivity index (χ1) is 12.0. The van der Waals surface area contributed by atoms with Gasteiger partial charge in [0.15, 0.2) is 0 Å². The number of carbonyl (C=O) groups is 2. The molecule has 6 nitrogen and oxygen atoms in total. The molecule has 0 saturated carbocycles. The zero-order chi connectivity index (χ0) is 18.3. The molecule has 0 bridgehead atoms. The van der Waals surface area contributed by atoms with Gasteiger partial charge in [0.1, 0.15) is 5.75 Å². The second-order valence-electron chi connectivity index (χ2n) is 5.21. The monoisotopic (exact) mass is 366 g/mol. The second-order valence-corrected chi connectivity index (χ2v) is 5.21. The van der Waals surface area contributed by atoms with E-state index < -0.39 is 11.8 Å². The van der Waals surface area contributed by atoms with Crippen molar-refractivity contribution in [3.8, 4) is 5.75 Å². The number of carbonyl (C=O) groups excluding carboxylic acids is 2. The van der Waals surface area contributed by atoms with Gasteiger partial charge in [0.2, 0.25) is 5.78 Å². The summed E-state index contributed by atoms with van der Waals surface area (Å²) in [6.45, 7) is 0.00429. The number of benzene rings is 2. The van der Waals surface area contributed by atoms with Gasteiger partial charge in [-0.2, -0.15) is 0 Å². The van der Waals surface area contributed by atoms with Crippen LogP contribution in [-0.4, -0.2) is 32.6 Å². The summed E-state index contributed by atoms with van der Waals surface area (Å²) < 4.78 is 16.2. The Morgan fingerprint density at radius 3 is 2.04 bits per heavy atom. The van der Waals surface area contributed by atoms with E-state index in [1.54, 1.807) is 48.5 Å². The normalized spacial score (nSPS) is 10.7. The third kappa shape index (κ3) is 5.16. The van der Waals surface area contributed by atoms with Gasteiger partial charge in [0.25, 0.3) is 5.79 Å². The number of hydrogen-bond acceptors (Lipinski definition) is 6. The summed E-state index contributed by atoms with van der Waals surface area (Å²) in [5.74, 6) is -2.62. The van der Waals surface area contributed by atoms with Crippen molar-refractivity contribution in [2.45, 2.75) is 12.2 Å². The van der Waals surface area contributed by atoms with Crippen molar-refractivity contribution in [3.63, 3.8) is 0 Å². The molecule has 26 heavy (non-hydrogen) atoms. The fourth-order valence-corrected chi connectivity index (χ4v) is 2.44. The Morgan fingerprint density at radius 1 is 0.962 bits per heavy atom. The molecule has 0 aliphatic heterocycles. The fraction of sp³-hybridized carbons (Fsp3) is 0.263. The van der Waals surface area contributed by atoms with Crippen LogP contribution in [0.25, 0.3) is 0 Å². The molecule has 0 fully saturated rings. The molecule has 0 heterocycles. The number of ketones is 1. The fourth-order valence-electron chi connectivity index (χ4n) is 2.44. The summed E-state index contributed by atoms with van der Waals surface area (Å²) in [4.78, 5) is 23.3. The van der Waals surface area contributed by atoms with E-state index in [9.17, 15) is 14.7 Å². The zero-order valence-corrected chi connectivity index (χ0v) is 17.1. The third-order valence-electron chi connectivity index (χ3n) is 3.72. The van der Waals surface area contributed by atoms with E-state index in [4.69, 9.17) is 14.2 Å². The van der Waals surface area contributed by atoms with Crippen LogP contribution in [0.1, 0.15) is 22.3 Å². The van der Waals surface area contributed by atoms with E-state index >= 15 is 0 Å². The number of hydrogen-bond donors (Lipinski definition) is 0. The van der Waals surface area contributed by atoms with E-state index in [0.29, 0.717) is 16.9 Å². The summed E-state index contributed by atoms with van der Waals surface area (Å²) in [5, 5.41) is 10.4. The maximum atomic E-state index is 12.9. The Kier molecular flexibility index (Phi) is 8.98. The molecule has 0 N–H and O–H groups in total. The average Bonchev–Trinajstić information content (AvgIpc) is 2.64. The number of rotatable bonds is 9. The standard InChI is InChI=1S/C19H20O6.Na/c1-23-19(24-2,18(22)14-6-4-3-5-7-14)15-8-10-16(11-9-15)25-13-12-17(20)21;/h3-11H,12-13H2,1-2H3,(H,20,21);/q;+1/p-1. The summed E-state index contributed by atoms with van der Waals surface area (Å²) in [5.41, 5.74) is 0.957. The molecule has 7 heteroatoms. The number of ether oxygens (including phenoxy) is 3. The quantitative estimate of drug-likeness (QED) is 0.306. The SMILES string of the molecule is COC(OC)(C(=O)c1ccccc1)c1ccc(OCCC(=O)[O-])cc1.[Na+]. The molecule has 132 valence electrons. The van der Waals surface area contributed by atoms with E-state index in [0.717, 1.165) is 0 Å². The third-order valence-corrected chi connectivity index (χ3v) is 3.72. The van der Waals surface area contributed by atoms with Crippen LogP contribution in [0.3, 0.4) is 0 Å². The minimum atomic E-state index is -1.58. The van der Waals surface area contributed by atoms with Gasteiger partial charge >= 0.3 is 29.6 Å². The Labute approximate surface area is 174 Å². The number of carboxylic acid groups (broad SMARTS) is 1. The van der Waals surface area contributed by atoms with Crippen LogP contribution in [-0.2, 0) is 20.1 Å². The van der Waals surface area contributed by atoms with E-state index in [1.807, 2.05) is 6.07 Å². The molecular weight excluding hydrogens is 347 g/mol. The first-order valence-electron chi connectivity index (χ1n) is 7.67. The van der Waals surface area contributed by atoms with Gasteiger partial charge < -0.3 is 24.1 Å². The van der Waals surface area contributed by atoms with Gasteiger partial charge in [-0.1, -0.05) is 30.3 Å². The summed E-state index contributed by atoms with van der Waals surface area (Å²) >= 11 is 0. The smallest absolute Gasteiger partial charge is 0.550 e. The van der Waals surface area contributed by atoms with Gasteiger partial charge in [0.05, 0.1) is 6.61 Å². The molecular formula is C19H19NaO6. The van der Waals surface area contributed by atoms with Crippen LogP contribution in [0, 0.1) is 0 Å². The van der Waals surface area contributed by atoms with Gasteiger partial charge in [-0.3, -0.25) is 4.79 Å². The van der Waals surface area contributed by atoms with Gasteiger partial charge in [0, 0.05) is 37.7 Å². The predicted octanol–water partition coefficient (Wildman–Crippen LogP) is -1.46. The van der Waals surface area contributed by atoms with Crippen LogP contribution in [0.15, 0.2) is 54.6 Å². The molecule has 0 spiro atoms. The minimum absolute atomic E-state index is 0. The molecule has 0 radical (unpaired) electrons. The molecule has 0 saturated heterocycles. The molecule has 0 aliphatic rings. The molecule has 0 atom stereocenters. The molecule has 0 amide bonds. The van der Waals surface area contributed by atoms with Crippen LogP contribution >= 0.6 is 0 Å². The van der Waals surface area contributed by atoms with Crippen molar-refractivity contribution in [1.29, 1.82) is 0 Å². The molecule has 0 aliphatic carbocycles. The zero-order valence-electron chi connectivity index (χ0n) is 15.1. The van der Waals surface area contributed by atoms with Gasteiger partial charge in [-0.25, -0.2) is 0 Å². The van der Waals surface area contributed by atoms with Crippen LogP contribution in [0.2, 0.25) is 0 Å². The second kappa shape index (κ2) is 10.4. The van der Waals surface area contributed by atoms with Crippen molar-refractivity contribution in [1.82, 2.24) is 0 Å². The van der Waals surface area contributed by atoms with Crippen molar-refractivity contribution < 1.29 is 58.5 Å². The van der Waals surface area contributed by atoms with Crippen molar-refractivity contribution in [3.05, 3.63) is 65.7 Å². The van der Waals surface area contributed by atoms with E-state index in [-0.39, 0.29) is 48.4 Å². The van der Waals surface area contributed by atoms with Crippen LogP contribution in [0.5, 0.6) is 5.75 Å². The van der Waals surface area contributed by atoms with Crippen molar-refractivity contribution in [2.75, 3.05) is 20.8 Å². The maximum absolute atomic E-state index is 12.9. The minimum Gasteiger partial charge on any atom is -0.550 e. The van der Waals surface area contributed by atoms with Gasteiger partial charge in [-0.15, -0.1) is 0 Å². The summed E-state index contributed by atoms with van der Waals surface area (Å²) in [6.07, 6.45) is -0.200. The largest absolute Gasteiger partial charge is 1.00 e. The number of aliphatic carboxylic acids is 1. The summed E-state index contributed by atoms with van der Waals surface area (Å²) in [6, 6.07) is 15.2. The average molecular weight is 366 g/mol. The van der Waals surface area contributed by atoms with Crippen LogP contribution in [0.4, 0.5) is 0 Å². The van der Waals surface area contributed by atoms with E-state index in [2.05, 4.69) is 0 Å². The number of Topliss-reactive ketones (excluding diaryl/α,β-unsaturated/α-hetero) is 1. The predicted molar refractivity (Wildman–Crippen MR) is 88.0 cm³/mol. The molecule has 0 aromatic heterocycles.